The highest BCUT2D eigenvalue weighted by Crippen LogP contribution is 2.24. The summed E-state index contributed by atoms with van der Waals surface area (Å²) in [5.74, 6) is 1.75. The number of carbonyl (C=O) groups is 1. The molecule has 1 aliphatic rings. The molecule has 0 N–H and O–H groups in total. The van der Waals surface area contributed by atoms with Crippen LogP contribution in [0.1, 0.15) is 49.0 Å². The van der Waals surface area contributed by atoms with Crippen molar-refractivity contribution in [3.8, 4) is 6.07 Å². The summed E-state index contributed by atoms with van der Waals surface area (Å²) >= 11 is 0. The predicted octanol–water partition coefficient (Wildman–Crippen LogP) is 3.50. The number of Topliss-reactive ketones (excluding diaryl/α,β-unsaturated/α-hetero) is 1. The number of hydrogen-bond donors (Lipinski definition) is 0. The number of carbonyl (C=O) groups excluding carboxylic acids is 1. The van der Waals surface area contributed by atoms with Crippen molar-refractivity contribution in [1.82, 2.24) is 4.90 Å². The summed E-state index contributed by atoms with van der Waals surface area (Å²) in [6.45, 7) is 7.11. The van der Waals surface area contributed by atoms with E-state index in [0.717, 1.165) is 24.9 Å². The van der Waals surface area contributed by atoms with Crippen molar-refractivity contribution in [3.05, 3.63) is 35.4 Å². The Kier molecular flexibility index (Phi) is 5.52. The van der Waals surface area contributed by atoms with Crippen LogP contribution < -0.4 is 0 Å². The quantitative estimate of drug-likeness (QED) is 0.777. The zero-order chi connectivity index (χ0) is 15.2. The van der Waals surface area contributed by atoms with Crippen LogP contribution in [0, 0.1) is 23.2 Å². The molecule has 0 aliphatic carbocycles. The molecular weight excluding hydrogens is 260 g/mol. The second-order valence-corrected chi connectivity index (χ2v) is 6.46. The number of ketones is 1. The van der Waals surface area contributed by atoms with Gasteiger partial charge in [-0.05, 0) is 56.3 Å². The molecule has 3 nitrogen and oxygen atoms in total. The fraction of sp³-hybridized carbons (Fsp3) is 0.556. The molecule has 0 spiro atoms. The van der Waals surface area contributed by atoms with Crippen molar-refractivity contribution in [2.24, 2.45) is 11.8 Å². The van der Waals surface area contributed by atoms with Gasteiger partial charge in [-0.1, -0.05) is 26.0 Å². The lowest BCUT2D eigenvalue weighted by Crippen LogP contribution is -2.37. The Morgan fingerprint density at radius 3 is 2.43 bits per heavy atom. The van der Waals surface area contributed by atoms with Crippen LogP contribution in [0.25, 0.3) is 0 Å². The Balaban J connectivity index is 1.82. The second-order valence-electron chi connectivity index (χ2n) is 6.46. The lowest BCUT2D eigenvalue weighted by molar-refractivity contribution is 0.0889. The van der Waals surface area contributed by atoms with Crippen molar-refractivity contribution in [2.75, 3.05) is 19.6 Å². The van der Waals surface area contributed by atoms with Crippen LogP contribution in [0.4, 0.5) is 0 Å². The summed E-state index contributed by atoms with van der Waals surface area (Å²) in [4.78, 5) is 14.5. The zero-order valence-corrected chi connectivity index (χ0v) is 13.0. The molecule has 1 saturated heterocycles. The molecule has 0 radical (unpaired) electrons. The average Bonchev–Trinajstić information content (AvgIpc) is 2.49. The van der Waals surface area contributed by atoms with E-state index in [4.69, 9.17) is 5.26 Å². The minimum Gasteiger partial charge on any atom is -0.296 e. The number of benzene rings is 1. The van der Waals surface area contributed by atoms with Crippen LogP contribution in [0.15, 0.2) is 24.3 Å². The second kappa shape index (κ2) is 7.38. The predicted molar refractivity (Wildman–Crippen MR) is 84.1 cm³/mol. The molecule has 1 heterocycles. The van der Waals surface area contributed by atoms with Gasteiger partial charge in [0.1, 0.15) is 0 Å². The molecule has 0 saturated carbocycles. The normalized spacial score (nSPS) is 16.9. The third-order valence-corrected chi connectivity index (χ3v) is 4.22. The van der Waals surface area contributed by atoms with E-state index in [9.17, 15) is 4.79 Å². The minimum absolute atomic E-state index is 0.154. The number of nitriles is 1. The Morgan fingerprint density at radius 2 is 1.90 bits per heavy atom. The summed E-state index contributed by atoms with van der Waals surface area (Å²) < 4.78 is 0. The van der Waals surface area contributed by atoms with Crippen LogP contribution in [0.2, 0.25) is 0 Å². The number of nitrogens with zero attached hydrogens (tertiary/aromatic N) is 2. The standard InChI is InChI=1S/C18H24N2O/c1-14(2)11-15-7-9-20(10-8-15)13-18(21)17-5-3-16(12-19)4-6-17/h3-6,14-15H,7-11,13H2,1-2H3. The Bertz CT molecular complexity index is 505. The van der Waals surface area contributed by atoms with E-state index in [0.29, 0.717) is 17.7 Å². The zero-order valence-electron chi connectivity index (χ0n) is 13.0. The van der Waals surface area contributed by atoms with E-state index >= 15 is 0 Å². The van der Waals surface area contributed by atoms with Crippen LogP contribution >= 0.6 is 0 Å². The smallest absolute Gasteiger partial charge is 0.176 e. The van der Waals surface area contributed by atoms with E-state index in [1.807, 2.05) is 0 Å². The first-order valence-corrected chi connectivity index (χ1v) is 7.84. The first-order valence-electron chi connectivity index (χ1n) is 7.84. The van der Waals surface area contributed by atoms with Gasteiger partial charge in [-0.2, -0.15) is 5.26 Å². The van der Waals surface area contributed by atoms with Gasteiger partial charge >= 0.3 is 0 Å². The monoisotopic (exact) mass is 284 g/mol. The number of likely N-dealkylation sites (tertiary alicyclic amines) is 1. The molecule has 3 heteroatoms. The first kappa shape index (κ1) is 15.7. The van der Waals surface area contributed by atoms with Crippen molar-refractivity contribution in [2.45, 2.75) is 33.1 Å². The summed E-state index contributed by atoms with van der Waals surface area (Å²) in [5, 5.41) is 8.77. The van der Waals surface area contributed by atoms with Crippen LogP contribution in [-0.2, 0) is 0 Å². The Hall–Kier alpha value is -1.66. The molecule has 0 amide bonds. The van der Waals surface area contributed by atoms with Crippen LogP contribution in [0.3, 0.4) is 0 Å². The molecule has 1 aromatic rings. The van der Waals surface area contributed by atoms with Gasteiger partial charge in [-0.3, -0.25) is 9.69 Å². The van der Waals surface area contributed by atoms with Gasteiger partial charge < -0.3 is 0 Å². The lowest BCUT2D eigenvalue weighted by atomic mass is 9.88. The molecule has 1 aromatic carbocycles. The molecule has 0 aromatic heterocycles. The van der Waals surface area contributed by atoms with E-state index in [1.54, 1.807) is 24.3 Å². The van der Waals surface area contributed by atoms with Gasteiger partial charge in [-0.15, -0.1) is 0 Å². The topological polar surface area (TPSA) is 44.1 Å². The van der Waals surface area contributed by atoms with Gasteiger partial charge in [0, 0.05) is 5.56 Å². The molecule has 0 bridgehead atoms. The van der Waals surface area contributed by atoms with Crippen LogP contribution in [-0.4, -0.2) is 30.3 Å². The van der Waals surface area contributed by atoms with Crippen molar-refractivity contribution >= 4 is 5.78 Å². The van der Waals surface area contributed by atoms with Crippen LogP contribution in [0.5, 0.6) is 0 Å². The minimum atomic E-state index is 0.154. The van der Waals surface area contributed by atoms with Gasteiger partial charge in [0.05, 0.1) is 18.2 Å². The highest BCUT2D eigenvalue weighted by atomic mass is 16.1. The molecule has 0 atom stereocenters. The van der Waals surface area contributed by atoms with Crippen molar-refractivity contribution in [3.63, 3.8) is 0 Å². The third kappa shape index (κ3) is 4.68. The van der Waals surface area contributed by atoms with E-state index < -0.39 is 0 Å². The average molecular weight is 284 g/mol. The molecule has 21 heavy (non-hydrogen) atoms. The number of hydrogen-bond acceptors (Lipinski definition) is 3. The summed E-state index contributed by atoms with van der Waals surface area (Å²) in [6.07, 6.45) is 3.72. The molecule has 112 valence electrons. The largest absolute Gasteiger partial charge is 0.296 e. The maximum atomic E-state index is 12.2. The van der Waals surface area contributed by atoms with Gasteiger partial charge in [-0.25, -0.2) is 0 Å². The van der Waals surface area contributed by atoms with Gasteiger partial charge in [0.25, 0.3) is 0 Å². The molecule has 1 fully saturated rings. The van der Waals surface area contributed by atoms with Gasteiger partial charge in [0.15, 0.2) is 5.78 Å². The SMILES string of the molecule is CC(C)CC1CCN(CC(=O)c2ccc(C#N)cc2)CC1. The van der Waals surface area contributed by atoms with E-state index in [1.165, 1.54) is 19.3 Å². The summed E-state index contributed by atoms with van der Waals surface area (Å²) in [7, 11) is 0. The summed E-state index contributed by atoms with van der Waals surface area (Å²) in [6, 6.07) is 9.01. The highest BCUT2D eigenvalue weighted by Gasteiger charge is 2.21. The Labute approximate surface area is 127 Å². The summed E-state index contributed by atoms with van der Waals surface area (Å²) in [5.41, 5.74) is 1.30. The van der Waals surface area contributed by atoms with E-state index in [2.05, 4.69) is 24.8 Å². The first-order chi connectivity index (χ1) is 10.1. The van der Waals surface area contributed by atoms with Crippen molar-refractivity contribution in [1.29, 1.82) is 5.26 Å². The molecular formula is C18H24N2O. The fourth-order valence-electron chi connectivity index (χ4n) is 3.07. The maximum Gasteiger partial charge on any atom is 0.176 e. The van der Waals surface area contributed by atoms with Crippen molar-refractivity contribution < 1.29 is 4.79 Å². The molecule has 1 aliphatic heterocycles. The fourth-order valence-corrected chi connectivity index (χ4v) is 3.07. The number of rotatable bonds is 5. The highest BCUT2D eigenvalue weighted by molar-refractivity contribution is 5.97. The Morgan fingerprint density at radius 1 is 1.29 bits per heavy atom. The molecule has 2 rings (SSSR count). The number of piperidine rings is 1. The maximum absolute atomic E-state index is 12.2. The molecule has 0 unspecified atom stereocenters. The third-order valence-electron chi connectivity index (χ3n) is 4.22. The lowest BCUT2D eigenvalue weighted by Gasteiger charge is -2.32. The van der Waals surface area contributed by atoms with E-state index in [-0.39, 0.29) is 5.78 Å². The van der Waals surface area contributed by atoms with Gasteiger partial charge in [0.2, 0.25) is 0 Å².